The maximum atomic E-state index is 12.5. The summed E-state index contributed by atoms with van der Waals surface area (Å²) in [6, 6.07) is 7.73. The van der Waals surface area contributed by atoms with Gasteiger partial charge in [-0.15, -0.1) is 0 Å². The van der Waals surface area contributed by atoms with Gasteiger partial charge in [0.05, 0.1) is 17.2 Å². The molecule has 1 saturated heterocycles. The number of carbonyl (C=O) groups is 1. The molecule has 1 amide bonds. The van der Waals surface area contributed by atoms with E-state index in [1.54, 1.807) is 32.6 Å². The summed E-state index contributed by atoms with van der Waals surface area (Å²) in [6.07, 6.45) is 0.551. The molecule has 0 aliphatic carbocycles. The molecule has 0 aromatic heterocycles. The van der Waals surface area contributed by atoms with Crippen LogP contribution in [0.4, 0.5) is 4.79 Å². The minimum Gasteiger partial charge on any atom is -0.446 e. The van der Waals surface area contributed by atoms with E-state index in [9.17, 15) is 15.0 Å². The summed E-state index contributed by atoms with van der Waals surface area (Å²) in [5, 5.41) is 20.1. The van der Waals surface area contributed by atoms with Crippen molar-refractivity contribution in [1.29, 1.82) is 0 Å². The van der Waals surface area contributed by atoms with Crippen LogP contribution in [0.2, 0.25) is 0 Å². The molecule has 0 radical (unpaired) electrons. The van der Waals surface area contributed by atoms with Crippen LogP contribution in [0.15, 0.2) is 29.2 Å². The van der Waals surface area contributed by atoms with Crippen LogP contribution in [0.1, 0.15) is 72.9 Å². The summed E-state index contributed by atoms with van der Waals surface area (Å²) < 4.78 is 11.4. The molecule has 2 N–H and O–H groups in total. The third-order valence-corrected chi connectivity index (χ3v) is 6.54. The second kappa shape index (κ2) is 8.84. The Hall–Kier alpha value is -1.28. The molecule has 1 aromatic carbocycles. The van der Waals surface area contributed by atoms with E-state index in [0.717, 1.165) is 10.5 Å². The van der Waals surface area contributed by atoms with Gasteiger partial charge in [-0.25, -0.2) is 4.79 Å². The first-order chi connectivity index (χ1) is 13.2. The van der Waals surface area contributed by atoms with Crippen LogP contribution < -0.4 is 0 Å². The van der Waals surface area contributed by atoms with E-state index in [-0.39, 0.29) is 18.2 Å². The normalized spacial score (nSPS) is 19.8. The standard InChI is InChI=1S/C22H35NO5S/c1-15(23-13-12-17(27-19(23)24)14-20(2,3)25)16-8-10-18(11-9-16)29-28-22(6,7)21(4,5)26/h8-11,15,17,25-26H,12-14H2,1-7H3. The van der Waals surface area contributed by atoms with Gasteiger partial charge in [0.1, 0.15) is 11.7 Å². The van der Waals surface area contributed by atoms with Crippen LogP contribution in [0, 0.1) is 0 Å². The molecule has 7 heteroatoms. The van der Waals surface area contributed by atoms with Gasteiger partial charge >= 0.3 is 6.09 Å². The molecule has 0 bridgehead atoms. The van der Waals surface area contributed by atoms with Crippen molar-refractivity contribution in [2.75, 3.05) is 6.54 Å². The third kappa shape index (κ3) is 6.60. The molecule has 0 spiro atoms. The second-order valence-corrected chi connectivity index (χ2v) is 10.3. The first-order valence-corrected chi connectivity index (χ1v) is 10.8. The van der Waals surface area contributed by atoms with Gasteiger partial charge in [-0.2, -0.15) is 0 Å². The molecule has 29 heavy (non-hydrogen) atoms. The minimum atomic E-state index is -0.966. The molecule has 2 rings (SSSR count). The summed E-state index contributed by atoms with van der Waals surface area (Å²) in [4.78, 5) is 15.1. The Kier molecular flexibility index (Phi) is 7.31. The quantitative estimate of drug-likeness (QED) is 0.588. The largest absolute Gasteiger partial charge is 0.446 e. The molecule has 164 valence electrons. The first-order valence-electron chi connectivity index (χ1n) is 10.1. The lowest BCUT2D eigenvalue weighted by molar-refractivity contribution is -0.0813. The zero-order chi connectivity index (χ0) is 22.0. The monoisotopic (exact) mass is 425 g/mol. The number of ether oxygens (including phenoxy) is 1. The van der Waals surface area contributed by atoms with E-state index >= 15 is 0 Å². The maximum absolute atomic E-state index is 12.5. The van der Waals surface area contributed by atoms with Gasteiger partial charge in [-0.1, -0.05) is 12.1 Å². The predicted octanol–water partition coefficient (Wildman–Crippen LogP) is 4.69. The smallest absolute Gasteiger partial charge is 0.410 e. The van der Waals surface area contributed by atoms with Crippen molar-refractivity contribution in [2.45, 2.75) is 95.2 Å². The van der Waals surface area contributed by atoms with Crippen molar-refractivity contribution in [1.82, 2.24) is 4.90 Å². The summed E-state index contributed by atoms with van der Waals surface area (Å²) >= 11 is 1.23. The Morgan fingerprint density at radius 2 is 1.76 bits per heavy atom. The zero-order valence-electron chi connectivity index (χ0n) is 18.6. The molecule has 1 heterocycles. The number of amides is 1. The number of rotatable bonds is 8. The highest BCUT2D eigenvalue weighted by atomic mass is 32.2. The Labute approximate surface area is 178 Å². The van der Waals surface area contributed by atoms with Gasteiger partial charge in [0.25, 0.3) is 0 Å². The second-order valence-electron chi connectivity index (χ2n) is 9.49. The van der Waals surface area contributed by atoms with Crippen molar-refractivity contribution in [3.8, 4) is 0 Å². The Morgan fingerprint density at radius 1 is 1.17 bits per heavy atom. The van der Waals surface area contributed by atoms with Gasteiger partial charge in [-0.3, -0.25) is 0 Å². The highest BCUT2D eigenvalue weighted by Crippen LogP contribution is 2.34. The molecular weight excluding hydrogens is 390 g/mol. The van der Waals surface area contributed by atoms with Gasteiger partial charge < -0.3 is 24.0 Å². The van der Waals surface area contributed by atoms with Crippen LogP contribution in [-0.4, -0.2) is 50.7 Å². The number of nitrogens with zero attached hydrogens (tertiary/aromatic N) is 1. The molecule has 2 atom stereocenters. The predicted molar refractivity (Wildman–Crippen MR) is 115 cm³/mol. The summed E-state index contributed by atoms with van der Waals surface area (Å²) in [7, 11) is 0. The number of aliphatic hydroxyl groups is 2. The zero-order valence-corrected chi connectivity index (χ0v) is 19.4. The van der Waals surface area contributed by atoms with Crippen LogP contribution in [0.5, 0.6) is 0 Å². The molecule has 6 nitrogen and oxygen atoms in total. The number of cyclic esters (lactones) is 1. The van der Waals surface area contributed by atoms with E-state index in [0.29, 0.717) is 19.4 Å². The SMILES string of the molecule is CC(c1ccc(SOC(C)(C)C(C)(C)O)cc1)N1CCC(CC(C)(C)O)OC1=O. The van der Waals surface area contributed by atoms with E-state index in [4.69, 9.17) is 8.92 Å². The van der Waals surface area contributed by atoms with Crippen LogP contribution in [0.3, 0.4) is 0 Å². The van der Waals surface area contributed by atoms with Gasteiger partial charge in [0, 0.05) is 36.3 Å². The molecule has 1 aliphatic rings. The highest BCUT2D eigenvalue weighted by molar-refractivity contribution is 7.94. The van der Waals surface area contributed by atoms with Crippen molar-refractivity contribution in [3.05, 3.63) is 29.8 Å². The third-order valence-electron chi connectivity index (χ3n) is 5.57. The topological polar surface area (TPSA) is 79.2 Å². The maximum Gasteiger partial charge on any atom is 0.410 e. The van der Waals surface area contributed by atoms with E-state index in [1.165, 1.54) is 12.0 Å². The Morgan fingerprint density at radius 3 is 2.24 bits per heavy atom. The summed E-state index contributed by atoms with van der Waals surface area (Å²) in [5.74, 6) is 0. The van der Waals surface area contributed by atoms with E-state index in [1.807, 2.05) is 45.0 Å². The lowest BCUT2D eigenvalue weighted by Gasteiger charge is -2.37. The summed E-state index contributed by atoms with van der Waals surface area (Å²) in [6.45, 7) is 13.2. The number of benzene rings is 1. The lowest BCUT2D eigenvalue weighted by Crippen LogP contribution is -2.45. The molecular formula is C22H35NO5S. The molecule has 1 aromatic rings. The van der Waals surface area contributed by atoms with E-state index < -0.39 is 16.8 Å². The molecule has 1 aliphatic heterocycles. The number of hydrogen-bond acceptors (Lipinski definition) is 6. The van der Waals surface area contributed by atoms with E-state index in [2.05, 4.69) is 0 Å². The fourth-order valence-electron chi connectivity index (χ4n) is 2.93. The van der Waals surface area contributed by atoms with Crippen molar-refractivity contribution in [3.63, 3.8) is 0 Å². The fourth-order valence-corrected chi connectivity index (χ4v) is 3.69. The first kappa shape index (κ1) is 24.0. The molecule has 0 saturated carbocycles. The highest BCUT2D eigenvalue weighted by Gasteiger charge is 2.37. The van der Waals surface area contributed by atoms with Gasteiger partial charge in [0.15, 0.2) is 0 Å². The van der Waals surface area contributed by atoms with Crippen molar-refractivity contribution >= 4 is 18.1 Å². The minimum absolute atomic E-state index is 0.113. The van der Waals surface area contributed by atoms with Crippen LogP contribution in [-0.2, 0) is 8.92 Å². The Balaban J connectivity index is 1.95. The summed E-state index contributed by atoms with van der Waals surface area (Å²) in [5.41, 5.74) is -1.52. The Bertz CT molecular complexity index is 691. The van der Waals surface area contributed by atoms with Crippen LogP contribution in [0.25, 0.3) is 0 Å². The average molecular weight is 426 g/mol. The van der Waals surface area contributed by atoms with Crippen molar-refractivity contribution in [2.24, 2.45) is 0 Å². The fraction of sp³-hybridized carbons (Fsp3) is 0.682. The lowest BCUT2D eigenvalue weighted by atomic mass is 9.90. The number of hydrogen-bond donors (Lipinski definition) is 2. The van der Waals surface area contributed by atoms with Gasteiger partial charge in [-0.05, 0) is 66.2 Å². The van der Waals surface area contributed by atoms with Crippen molar-refractivity contribution < 1.29 is 23.9 Å². The van der Waals surface area contributed by atoms with Gasteiger partial charge in [0.2, 0.25) is 0 Å². The molecule has 1 fully saturated rings. The van der Waals surface area contributed by atoms with Crippen LogP contribution >= 0.6 is 12.0 Å². The number of carbonyl (C=O) groups excluding carboxylic acids is 1. The average Bonchev–Trinajstić information content (AvgIpc) is 2.58. The molecule has 2 unspecified atom stereocenters.